The Labute approximate surface area is 123 Å². The van der Waals surface area contributed by atoms with Gasteiger partial charge < -0.3 is 9.73 Å². The van der Waals surface area contributed by atoms with Gasteiger partial charge in [0.05, 0.1) is 6.26 Å². The summed E-state index contributed by atoms with van der Waals surface area (Å²) >= 11 is 0. The van der Waals surface area contributed by atoms with Crippen molar-refractivity contribution in [1.82, 2.24) is 5.32 Å². The molecule has 0 unspecified atom stereocenters. The highest BCUT2D eigenvalue weighted by Crippen LogP contribution is 2.22. The molecule has 2 rings (SSSR count). The Morgan fingerprint density at radius 3 is 2.76 bits per heavy atom. The maximum atomic E-state index is 11.8. The molecule has 0 aliphatic heterocycles. The molecule has 0 aliphatic rings. The van der Waals surface area contributed by atoms with Crippen molar-refractivity contribution in [3.63, 3.8) is 0 Å². The lowest BCUT2D eigenvalue weighted by Crippen LogP contribution is -2.25. The third kappa shape index (κ3) is 3.83. The van der Waals surface area contributed by atoms with Crippen LogP contribution in [0.15, 0.2) is 52.7 Å². The molecular weight excluding hydrogens is 264 g/mol. The second kappa shape index (κ2) is 7.11. The van der Waals surface area contributed by atoms with Gasteiger partial charge in [0.2, 0.25) is 0 Å². The summed E-state index contributed by atoms with van der Waals surface area (Å²) < 4.78 is 5.40. The highest BCUT2D eigenvalue weighted by Gasteiger charge is 2.10. The van der Waals surface area contributed by atoms with E-state index in [-0.39, 0.29) is 11.5 Å². The first-order valence-electron chi connectivity index (χ1n) is 6.78. The summed E-state index contributed by atoms with van der Waals surface area (Å²) in [5.74, 6) is 0.106. The zero-order chi connectivity index (χ0) is 15.1. The highest BCUT2D eigenvalue weighted by molar-refractivity contribution is 6.01. The second-order valence-electron chi connectivity index (χ2n) is 4.53. The predicted molar refractivity (Wildman–Crippen MR) is 81.0 cm³/mol. The Morgan fingerprint density at radius 2 is 2.10 bits per heavy atom. The van der Waals surface area contributed by atoms with Gasteiger partial charge >= 0.3 is 0 Å². The molecule has 1 heterocycles. The lowest BCUT2D eigenvalue weighted by Gasteiger charge is -2.00. The largest absolute Gasteiger partial charge is 0.464 e. The first-order valence-corrected chi connectivity index (χ1v) is 6.78. The van der Waals surface area contributed by atoms with Gasteiger partial charge in [0.25, 0.3) is 5.91 Å². The monoisotopic (exact) mass is 280 g/mol. The molecule has 21 heavy (non-hydrogen) atoms. The number of nitrogens with zero attached hydrogens (tertiary/aromatic N) is 1. The van der Waals surface area contributed by atoms with E-state index >= 15 is 0 Å². The van der Waals surface area contributed by atoms with Crippen LogP contribution in [0.25, 0.3) is 17.2 Å². The van der Waals surface area contributed by atoms with Crippen LogP contribution in [0.3, 0.4) is 0 Å². The average molecular weight is 280 g/mol. The molecule has 1 aromatic heterocycles. The van der Waals surface area contributed by atoms with Gasteiger partial charge in [-0.25, -0.2) is 0 Å². The number of furan rings is 1. The summed E-state index contributed by atoms with van der Waals surface area (Å²) in [6.45, 7) is 2.50. The molecule has 1 N–H and O–H groups in total. The van der Waals surface area contributed by atoms with Gasteiger partial charge in [-0.3, -0.25) is 4.79 Å². The number of amides is 1. The number of nitriles is 1. The minimum Gasteiger partial charge on any atom is -0.464 e. The average Bonchev–Trinajstić information content (AvgIpc) is 2.99. The Bertz CT molecular complexity index is 678. The fraction of sp³-hybridized carbons (Fsp3) is 0.176. The lowest BCUT2D eigenvalue weighted by atomic mass is 10.1. The first kappa shape index (κ1) is 14.6. The first-order chi connectivity index (χ1) is 10.2. The summed E-state index contributed by atoms with van der Waals surface area (Å²) in [4.78, 5) is 11.8. The molecule has 0 fully saturated rings. The molecule has 0 saturated carbocycles. The van der Waals surface area contributed by atoms with Crippen molar-refractivity contribution in [2.45, 2.75) is 13.3 Å². The molecule has 0 bridgehead atoms. The maximum Gasteiger partial charge on any atom is 0.262 e. The molecular formula is C17H16N2O2. The van der Waals surface area contributed by atoms with Gasteiger partial charge in [0, 0.05) is 18.2 Å². The minimum atomic E-state index is -0.378. The fourth-order valence-electron chi connectivity index (χ4n) is 1.84. The van der Waals surface area contributed by atoms with E-state index in [9.17, 15) is 4.79 Å². The molecule has 4 nitrogen and oxygen atoms in total. The molecule has 0 spiro atoms. The Kier molecular flexibility index (Phi) is 4.94. The van der Waals surface area contributed by atoms with Gasteiger partial charge in [-0.15, -0.1) is 0 Å². The van der Waals surface area contributed by atoms with Gasteiger partial charge in [0.15, 0.2) is 0 Å². The number of nitrogens with one attached hydrogen (secondary N) is 1. The van der Waals surface area contributed by atoms with Crippen LogP contribution in [-0.4, -0.2) is 12.5 Å². The van der Waals surface area contributed by atoms with Crippen LogP contribution in [0.1, 0.15) is 19.1 Å². The highest BCUT2D eigenvalue weighted by atomic mass is 16.3. The van der Waals surface area contributed by atoms with Crippen molar-refractivity contribution in [3.8, 4) is 17.2 Å². The van der Waals surface area contributed by atoms with E-state index in [2.05, 4.69) is 5.32 Å². The van der Waals surface area contributed by atoms with Crippen LogP contribution in [0.4, 0.5) is 0 Å². The lowest BCUT2D eigenvalue weighted by molar-refractivity contribution is -0.117. The van der Waals surface area contributed by atoms with Gasteiger partial charge in [-0.05, 0) is 18.1 Å². The number of benzene rings is 1. The van der Waals surface area contributed by atoms with E-state index < -0.39 is 0 Å². The van der Waals surface area contributed by atoms with Crippen molar-refractivity contribution < 1.29 is 9.21 Å². The Morgan fingerprint density at radius 1 is 1.33 bits per heavy atom. The van der Waals surface area contributed by atoms with Gasteiger partial charge in [0.1, 0.15) is 17.4 Å². The van der Waals surface area contributed by atoms with Gasteiger partial charge in [-0.2, -0.15) is 5.26 Å². The van der Waals surface area contributed by atoms with E-state index in [1.165, 1.54) is 6.08 Å². The smallest absolute Gasteiger partial charge is 0.262 e. The minimum absolute atomic E-state index is 0.0393. The quantitative estimate of drug-likeness (QED) is 0.674. The predicted octanol–water partition coefficient (Wildman–Crippen LogP) is 3.38. The molecule has 1 aromatic carbocycles. The van der Waals surface area contributed by atoms with E-state index in [1.807, 2.05) is 43.3 Å². The fourth-order valence-corrected chi connectivity index (χ4v) is 1.84. The van der Waals surface area contributed by atoms with E-state index in [0.29, 0.717) is 12.3 Å². The molecule has 0 atom stereocenters. The number of carbonyl (C=O) groups is 1. The number of rotatable bonds is 5. The van der Waals surface area contributed by atoms with Crippen LogP contribution in [0.2, 0.25) is 0 Å². The number of carbonyl (C=O) groups excluding carboxylic acids is 1. The third-order valence-corrected chi connectivity index (χ3v) is 2.91. The zero-order valence-electron chi connectivity index (χ0n) is 11.8. The molecule has 4 heteroatoms. The van der Waals surface area contributed by atoms with Crippen molar-refractivity contribution in [2.24, 2.45) is 0 Å². The van der Waals surface area contributed by atoms with E-state index in [1.54, 1.807) is 12.3 Å². The molecule has 0 radical (unpaired) electrons. The van der Waals surface area contributed by atoms with Crippen molar-refractivity contribution in [2.75, 3.05) is 6.54 Å². The standard InChI is InChI=1S/C17H16N2O2/c1-2-8-19-17(20)14(11-18)9-16-10-15(12-21-16)13-6-4-3-5-7-13/h3-7,9-10,12H,2,8H2,1H3,(H,19,20)/b14-9-. The van der Waals surface area contributed by atoms with Crippen LogP contribution in [0, 0.1) is 11.3 Å². The van der Waals surface area contributed by atoms with Crippen LogP contribution >= 0.6 is 0 Å². The summed E-state index contributed by atoms with van der Waals surface area (Å²) in [6, 6.07) is 13.5. The maximum absolute atomic E-state index is 11.8. The van der Waals surface area contributed by atoms with Crippen molar-refractivity contribution >= 4 is 12.0 Å². The molecule has 2 aromatic rings. The summed E-state index contributed by atoms with van der Waals surface area (Å²) in [7, 11) is 0. The molecule has 106 valence electrons. The van der Waals surface area contributed by atoms with Gasteiger partial charge in [-0.1, -0.05) is 37.3 Å². The Hall–Kier alpha value is -2.80. The normalized spacial score (nSPS) is 11.0. The SMILES string of the molecule is CCCNC(=O)/C(C#N)=C\c1cc(-c2ccccc2)co1. The van der Waals surface area contributed by atoms with Crippen LogP contribution in [0.5, 0.6) is 0 Å². The van der Waals surface area contributed by atoms with Crippen LogP contribution in [-0.2, 0) is 4.79 Å². The zero-order valence-corrected chi connectivity index (χ0v) is 11.8. The Balaban J connectivity index is 2.19. The van der Waals surface area contributed by atoms with E-state index in [0.717, 1.165) is 17.5 Å². The summed E-state index contributed by atoms with van der Waals surface area (Å²) in [5.41, 5.74) is 1.97. The van der Waals surface area contributed by atoms with Crippen molar-refractivity contribution in [3.05, 3.63) is 54.0 Å². The van der Waals surface area contributed by atoms with Crippen molar-refractivity contribution in [1.29, 1.82) is 5.26 Å². The third-order valence-electron chi connectivity index (χ3n) is 2.91. The number of hydrogen-bond donors (Lipinski definition) is 1. The topological polar surface area (TPSA) is 66.0 Å². The molecule has 0 saturated heterocycles. The summed E-state index contributed by atoms with van der Waals surface area (Å²) in [6.07, 6.45) is 3.89. The van der Waals surface area contributed by atoms with Crippen LogP contribution < -0.4 is 5.32 Å². The molecule has 1 amide bonds. The second-order valence-corrected chi connectivity index (χ2v) is 4.53. The number of hydrogen-bond acceptors (Lipinski definition) is 3. The molecule has 0 aliphatic carbocycles. The summed E-state index contributed by atoms with van der Waals surface area (Å²) in [5, 5.41) is 11.7. The van der Waals surface area contributed by atoms with E-state index in [4.69, 9.17) is 9.68 Å².